The first-order valence-corrected chi connectivity index (χ1v) is 10.7. The van der Waals surface area contributed by atoms with Crippen molar-refractivity contribution < 1.29 is 19.1 Å². The Morgan fingerprint density at radius 1 is 1.03 bits per heavy atom. The molecule has 31 heavy (non-hydrogen) atoms. The Kier molecular flexibility index (Phi) is 7.28. The molecule has 7 heteroatoms. The molecule has 3 rings (SSSR count). The van der Waals surface area contributed by atoms with Crippen LogP contribution < -0.4 is 15.4 Å². The molecule has 1 unspecified atom stereocenters. The average Bonchev–Trinajstić information content (AvgIpc) is 2.95. The van der Waals surface area contributed by atoms with Gasteiger partial charge in [-0.25, -0.2) is 4.79 Å². The van der Waals surface area contributed by atoms with E-state index in [2.05, 4.69) is 17.6 Å². The molecule has 1 saturated heterocycles. The van der Waals surface area contributed by atoms with Gasteiger partial charge in [0.05, 0.1) is 0 Å². The summed E-state index contributed by atoms with van der Waals surface area (Å²) in [5, 5.41) is 5.48. The number of imide groups is 1. The Balaban J connectivity index is 1.57. The van der Waals surface area contributed by atoms with Crippen LogP contribution in [0.2, 0.25) is 0 Å². The molecule has 0 aromatic heterocycles. The average molecular weight is 424 g/mol. The normalized spacial score (nSPS) is 18.1. The van der Waals surface area contributed by atoms with Gasteiger partial charge in [-0.05, 0) is 37.6 Å². The summed E-state index contributed by atoms with van der Waals surface area (Å²) < 4.78 is 5.77. The van der Waals surface area contributed by atoms with Gasteiger partial charge >= 0.3 is 6.03 Å². The molecule has 4 amide bonds. The van der Waals surface area contributed by atoms with E-state index in [1.54, 1.807) is 31.2 Å². The highest BCUT2D eigenvalue weighted by Crippen LogP contribution is 2.25. The molecule has 1 aliphatic rings. The van der Waals surface area contributed by atoms with Crippen molar-refractivity contribution in [1.29, 1.82) is 0 Å². The number of unbranched alkanes of at least 4 members (excludes halogenated alkanes) is 3. The zero-order valence-electron chi connectivity index (χ0n) is 18.0. The summed E-state index contributed by atoms with van der Waals surface area (Å²) in [5.74, 6) is 0.447. The number of amides is 4. The highest BCUT2D eigenvalue weighted by atomic mass is 16.5. The highest BCUT2D eigenvalue weighted by Gasteiger charge is 2.47. The van der Waals surface area contributed by atoms with Crippen molar-refractivity contribution in [2.45, 2.75) is 51.5 Å². The lowest BCUT2D eigenvalue weighted by atomic mass is 9.94. The van der Waals surface area contributed by atoms with Crippen LogP contribution >= 0.6 is 0 Å². The minimum atomic E-state index is -0.950. The second-order valence-corrected chi connectivity index (χ2v) is 7.96. The molecular weight excluding hydrogens is 394 g/mol. The van der Waals surface area contributed by atoms with Gasteiger partial charge in [0.1, 0.15) is 23.6 Å². The van der Waals surface area contributed by atoms with Crippen molar-refractivity contribution in [1.82, 2.24) is 10.2 Å². The highest BCUT2D eigenvalue weighted by molar-refractivity contribution is 6.09. The Hall–Kier alpha value is -3.35. The van der Waals surface area contributed by atoms with Gasteiger partial charge in [-0.1, -0.05) is 56.9 Å². The summed E-state index contributed by atoms with van der Waals surface area (Å²) in [6.45, 7) is 3.51. The van der Waals surface area contributed by atoms with E-state index in [0.717, 1.165) is 30.6 Å². The minimum absolute atomic E-state index is 0.334. The maximum atomic E-state index is 12.8. The van der Waals surface area contributed by atoms with Crippen LogP contribution in [0.3, 0.4) is 0 Å². The number of hydrogen-bond donors (Lipinski definition) is 2. The third kappa shape index (κ3) is 5.84. The number of ether oxygens (including phenoxy) is 1. The minimum Gasteiger partial charge on any atom is -0.457 e. The first-order valence-electron chi connectivity index (χ1n) is 10.7. The van der Waals surface area contributed by atoms with Crippen LogP contribution in [0.1, 0.15) is 46.0 Å². The number of nitrogens with zero attached hydrogens (tertiary/aromatic N) is 1. The van der Waals surface area contributed by atoms with E-state index in [1.807, 2.05) is 30.3 Å². The monoisotopic (exact) mass is 423 g/mol. The molecule has 0 spiro atoms. The maximum Gasteiger partial charge on any atom is 0.325 e. The van der Waals surface area contributed by atoms with Gasteiger partial charge in [-0.2, -0.15) is 0 Å². The molecule has 0 saturated carbocycles. The number of para-hydroxylation sites is 1. The smallest absolute Gasteiger partial charge is 0.325 e. The lowest BCUT2D eigenvalue weighted by Crippen LogP contribution is -2.44. The fourth-order valence-corrected chi connectivity index (χ4v) is 3.57. The third-order valence-corrected chi connectivity index (χ3v) is 5.27. The van der Waals surface area contributed by atoms with Gasteiger partial charge in [0, 0.05) is 11.8 Å². The number of urea groups is 1. The summed E-state index contributed by atoms with van der Waals surface area (Å²) in [6.07, 6.45) is 4.62. The van der Waals surface area contributed by atoms with Crippen LogP contribution in [-0.4, -0.2) is 34.8 Å². The molecule has 1 heterocycles. The lowest BCUT2D eigenvalue weighted by molar-refractivity contribution is -0.133. The van der Waals surface area contributed by atoms with Crippen molar-refractivity contribution in [3.8, 4) is 11.5 Å². The molecule has 7 nitrogen and oxygen atoms in total. The molecule has 0 bridgehead atoms. The van der Waals surface area contributed by atoms with Crippen LogP contribution in [0, 0.1) is 0 Å². The molecule has 164 valence electrons. The van der Waals surface area contributed by atoms with Gasteiger partial charge in [-0.15, -0.1) is 0 Å². The maximum absolute atomic E-state index is 12.8. The number of anilines is 1. The molecule has 2 aromatic rings. The topological polar surface area (TPSA) is 87.7 Å². The van der Waals surface area contributed by atoms with Crippen molar-refractivity contribution in [3.63, 3.8) is 0 Å². The summed E-state index contributed by atoms with van der Waals surface area (Å²) >= 11 is 0. The van der Waals surface area contributed by atoms with E-state index >= 15 is 0 Å². The second kappa shape index (κ2) is 10.1. The summed E-state index contributed by atoms with van der Waals surface area (Å²) in [5.41, 5.74) is -0.429. The van der Waals surface area contributed by atoms with Gasteiger partial charge in [-0.3, -0.25) is 14.5 Å². The first-order chi connectivity index (χ1) is 14.9. The zero-order chi connectivity index (χ0) is 22.3. The number of nitrogens with one attached hydrogen (secondary N) is 2. The number of hydrogen-bond acceptors (Lipinski definition) is 4. The van der Waals surface area contributed by atoms with Crippen LogP contribution in [0.4, 0.5) is 10.5 Å². The molecule has 2 aromatic carbocycles. The molecule has 2 N–H and O–H groups in total. The second-order valence-electron chi connectivity index (χ2n) is 7.96. The molecule has 1 atom stereocenters. The van der Waals surface area contributed by atoms with E-state index in [9.17, 15) is 14.4 Å². The number of carbonyl (C=O) groups is 3. The lowest BCUT2D eigenvalue weighted by Gasteiger charge is -2.21. The molecule has 1 fully saturated rings. The SMILES string of the molecule is CCCCCCC1(C)NC(=O)N(CC(=O)Nc2cccc(Oc3ccccc3)c2)C1=O. The Morgan fingerprint density at radius 3 is 2.52 bits per heavy atom. The van der Waals surface area contributed by atoms with E-state index in [-0.39, 0.29) is 12.5 Å². The quantitative estimate of drug-likeness (QED) is 0.428. The summed E-state index contributed by atoms with van der Waals surface area (Å²) in [6, 6.07) is 15.7. The zero-order valence-corrected chi connectivity index (χ0v) is 18.0. The van der Waals surface area contributed by atoms with Crippen LogP contribution in [0.5, 0.6) is 11.5 Å². The Bertz CT molecular complexity index is 931. The van der Waals surface area contributed by atoms with Crippen LogP contribution in [-0.2, 0) is 9.59 Å². The van der Waals surface area contributed by atoms with Crippen molar-refractivity contribution in [3.05, 3.63) is 54.6 Å². The third-order valence-electron chi connectivity index (χ3n) is 5.27. The van der Waals surface area contributed by atoms with Crippen molar-refractivity contribution in [2.75, 3.05) is 11.9 Å². The van der Waals surface area contributed by atoms with Gasteiger partial charge in [0.2, 0.25) is 5.91 Å². The largest absolute Gasteiger partial charge is 0.457 e. The molecule has 0 aliphatic carbocycles. The van der Waals surface area contributed by atoms with Gasteiger partial charge in [0.15, 0.2) is 0 Å². The molecular formula is C24H29N3O4. The van der Waals surface area contributed by atoms with Gasteiger partial charge < -0.3 is 15.4 Å². The summed E-state index contributed by atoms with van der Waals surface area (Å²) in [7, 11) is 0. The number of rotatable bonds is 10. The van der Waals surface area contributed by atoms with E-state index in [4.69, 9.17) is 4.74 Å². The standard InChI is InChI=1S/C24H29N3O4/c1-3-4-5-9-15-24(2)22(29)27(23(30)26-24)17-21(28)25-18-11-10-14-20(16-18)31-19-12-7-6-8-13-19/h6-8,10-14,16H,3-5,9,15,17H2,1-2H3,(H,25,28)(H,26,30). The number of benzene rings is 2. The fourth-order valence-electron chi connectivity index (χ4n) is 3.57. The summed E-state index contributed by atoms with van der Waals surface area (Å²) in [4.78, 5) is 38.6. The van der Waals surface area contributed by atoms with Crippen molar-refractivity contribution >= 4 is 23.5 Å². The molecule has 0 radical (unpaired) electrons. The van der Waals surface area contributed by atoms with E-state index < -0.39 is 17.5 Å². The van der Waals surface area contributed by atoms with Crippen molar-refractivity contribution in [2.24, 2.45) is 0 Å². The van der Waals surface area contributed by atoms with E-state index in [0.29, 0.717) is 23.6 Å². The number of carbonyl (C=O) groups excluding carboxylic acids is 3. The van der Waals surface area contributed by atoms with Crippen LogP contribution in [0.25, 0.3) is 0 Å². The Morgan fingerprint density at radius 2 is 1.77 bits per heavy atom. The predicted molar refractivity (Wildman–Crippen MR) is 119 cm³/mol. The van der Waals surface area contributed by atoms with Crippen LogP contribution in [0.15, 0.2) is 54.6 Å². The fraction of sp³-hybridized carbons (Fsp3) is 0.375. The van der Waals surface area contributed by atoms with Gasteiger partial charge in [0.25, 0.3) is 5.91 Å². The Labute approximate surface area is 182 Å². The molecule has 1 aliphatic heterocycles. The first kappa shape index (κ1) is 22.3. The predicted octanol–water partition coefficient (Wildman–Crippen LogP) is 4.70. The van der Waals surface area contributed by atoms with E-state index in [1.165, 1.54) is 0 Å².